The minimum atomic E-state index is -0.808. The molecule has 1 rings (SSSR count). The van der Waals surface area contributed by atoms with Gasteiger partial charge in [-0.3, -0.25) is 14.7 Å². The number of carbonyl (C=O) groups excluding carboxylic acids is 1. The number of aryl methyl sites for hydroxylation is 1. The molecular weight excluding hydrogens is 210 g/mol. The second-order valence-corrected chi connectivity index (χ2v) is 3.52. The standard InChI is InChI=1S/C10H15N3O3/c1-7-8(6-12-13-7)10(16)11-5-3-2-4-9(14)15/h6H,2-5H2,1H3,(H,11,16)(H,12,13)(H,14,15). The molecule has 0 spiro atoms. The summed E-state index contributed by atoms with van der Waals surface area (Å²) in [5.41, 5.74) is 1.25. The van der Waals surface area contributed by atoms with Crippen LogP contribution in [0.2, 0.25) is 0 Å². The molecule has 0 aromatic carbocycles. The van der Waals surface area contributed by atoms with E-state index in [2.05, 4.69) is 15.5 Å². The van der Waals surface area contributed by atoms with E-state index in [1.54, 1.807) is 6.92 Å². The number of H-pyrrole nitrogens is 1. The highest BCUT2D eigenvalue weighted by atomic mass is 16.4. The van der Waals surface area contributed by atoms with Crippen molar-refractivity contribution in [3.05, 3.63) is 17.5 Å². The lowest BCUT2D eigenvalue weighted by Crippen LogP contribution is -2.24. The summed E-state index contributed by atoms with van der Waals surface area (Å²) >= 11 is 0. The third-order valence-corrected chi connectivity index (χ3v) is 2.18. The van der Waals surface area contributed by atoms with E-state index in [1.807, 2.05) is 0 Å². The average molecular weight is 225 g/mol. The van der Waals surface area contributed by atoms with Crippen LogP contribution in [0.1, 0.15) is 35.3 Å². The molecule has 3 N–H and O–H groups in total. The van der Waals surface area contributed by atoms with E-state index >= 15 is 0 Å². The van der Waals surface area contributed by atoms with E-state index in [0.29, 0.717) is 24.9 Å². The van der Waals surface area contributed by atoms with Crippen molar-refractivity contribution in [3.8, 4) is 0 Å². The quantitative estimate of drug-likeness (QED) is 0.621. The van der Waals surface area contributed by atoms with Crippen molar-refractivity contribution in [2.45, 2.75) is 26.2 Å². The molecule has 0 aliphatic carbocycles. The molecule has 6 nitrogen and oxygen atoms in total. The number of nitrogens with zero attached hydrogens (tertiary/aromatic N) is 1. The lowest BCUT2D eigenvalue weighted by molar-refractivity contribution is -0.137. The van der Waals surface area contributed by atoms with Gasteiger partial charge < -0.3 is 10.4 Å². The average Bonchev–Trinajstić information content (AvgIpc) is 2.63. The third kappa shape index (κ3) is 3.72. The number of aliphatic carboxylic acids is 1. The van der Waals surface area contributed by atoms with Crippen molar-refractivity contribution in [1.82, 2.24) is 15.5 Å². The molecule has 0 bridgehead atoms. The Morgan fingerprint density at radius 1 is 1.50 bits per heavy atom. The number of carboxylic acid groups (broad SMARTS) is 1. The van der Waals surface area contributed by atoms with Crippen LogP contribution in [-0.4, -0.2) is 33.7 Å². The topological polar surface area (TPSA) is 95.1 Å². The van der Waals surface area contributed by atoms with E-state index in [0.717, 1.165) is 5.69 Å². The molecule has 0 aliphatic heterocycles. The second-order valence-electron chi connectivity index (χ2n) is 3.52. The fourth-order valence-electron chi connectivity index (χ4n) is 1.28. The Hall–Kier alpha value is -1.85. The van der Waals surface area contributed by atoms with Crippen LogP contribution in [0.25, 0.3) is 0 Å². The van der Waals surface area contributed by atoms with Crippen LogP contribution in [0, 0.1) is 6.92 Å². The maximum atomic E-state index is 11.5. The number of amides is 1. The van der Waals surface area contributed by atoms with Crippen molar-refractivity contribution < 1.29 is 14.7 Å². The van der Waals surface area contributed by atoms with E-state index in [4.69, 9.17) is 5.11 Å². The van der Waals surface area contributed by atoms with E-state index in [-0.39, 0.29) is 12.3 Å². The van der Waals surface area contributed by atoms with Gasteiger partial charge in [-0.15, -0.1) is 0 Å². The number of aromatic amines is 1. The van der Waals surface area contributed by atoms with Crippen LogP contribution in [0.15, 0.2) is 6.20 Å². The van der Waals surface area contributed by atoms with Gasteiger partial charge in [0.15, 0.2) is 0 Å². The first-order valence-electron chi connectivity index (χ1n) is 5.11. The number of carboxylic acids is 1. The highest BCUT2D eigenvalue weighted by Crippen LogP contribution is 2.02. The summed E-state index contributed by atoms with van der Waals surface area (Å²) < 4.78 is 0. The number of nitrogens with one attached hydrogen (secondary N) is 2. The van der Waals surface area contributed by atoms with Gasteiger partial charge in [0.05, 0.1) is 11.8 Å². The summed E-state index contributed by atoms with van der Waals surface area (Å²) in [6.45, 7) is 2.25. The molecule has 0 fully saturated rings. The van der Waals surface area contributed by atoms with Gasteiger partial charge in [-0.1, -0.05) is 0 Å². The van der Waals surface area contributed by atoms with Crippen LogP contribution in [0.3, 0.4) is 0 Å². The smallest absolute Gasteiger partial charge is 0.303 e. The molecule has 0 aliphatic rings. The van der Waals surface area contributed by atoms with Crippen LogP contribution in [0.4, 0.5) is 0 Å². The highest BCUT2D eigenvalue weighted by Gasteiger charge is 2.09. The molecule has 16 heavy (non-hydrogen) atoms. The number of rotatable bonds is 6. The Labute approximate surface area is 93.1 Å². The summed E-state index contributed by atoms with van der Waals surface area (Å²) in [5, 5.41) is 17.5. The SMILES string of the molecule is Cc1[nH]ncc1C(=O)NCCCCC(=O)O. The lowest BCUT2D eigenvalue weighted by atomic mass is 10.2. The predicted molar refractivity (Wildman–Crippen MR) is 57.1 cm³/mol. The van der Waals surface area contributed by atoms with Gasteiger partial charge in [-0.2, -0.15) is 5.10 Å². The summed E-state index contributed by atoms with van der Waals surface area (Å²) in [4.78, 5) is 21.8. The van der Waals surface area contributed by atoms with Gasteiger partial charge in [0.25, 0.3) is 5.91 Å². The minimum absolute atomic E-state index is 0.139. The lowest BCUT2D eigenvalue weighted by Gasteiger charge is -2.03. The Kier molecular flexibility index (Phi) is 4.50. The zero-order chi connectivity index (χ0) is 12.0. The van der Waals surface area contributed by atoms with Crippen LogP contribution >= 0.6 is 0 Å². The zero-order valence-corrected chi connectivity index (χ0v) is 9.12. The number of aromatic nitrogens is 2. The fourth-order valence-corrected chi connectivity index (χ4v) is 1.28. The Morgan fingerprint density at radius 3 is 2.81 bits per heavy atom. The molecule has 1 heterocycles. The second kappa shape index (κ2) is 5.89. The van der Waals surface area contributed by atoms with Crippen molar-refractivity contribution in [2.75, 3.05) is 6.54 Å². The Bertz CT molecular complexity index is 373. The van der Waals surface area contributed by atoms with Crippen LogP contribution in [0.5, 0.6) is 0 Å². The predicted octanol–water partition coefficient (Wildman–Crippen LogP) is 0.703. The summed E-state index contributed by atoms with van der Waals surface area (Å²) in [7, 11) is 0. The van der Waals surface area contributed by atoms with Gasteiger partial charge in [0, 0.05) is 18.7 Å². The third-order valence-electron chi connectivity index (χ3n) is 2.18. The highest BCUT2D eigenvalue weighted by molar-refractivity contribution is 5.94. The van der Waals surface area contributed by atoms with Gasteiger partial charge in [-0.05, 0) is 19.8 Å². The molecule has 0 saturated carbocycles. The van der Waals surface area contributed by atoms with E-state index in [9.17, 15) is 9.59 Å². The largest absolute Gasteiger partial charge is 0.481 e. The van der Waals surface area contributed by atoms with Gasteiger partial charge in [-0.25, -0.2) is 0 Å². The number of unbranched alkanes of at least 4 members (excludes halogenated alkanes) is 1. The first kappa shape index (κ1) is 12.2. The molecule has 0 atom stereocenters. The first-order chi connectivity index (χ1) is 7.61. The zero-order valence-electron chi connectivity index (χ0n) is 9.12. The van der Waals surface area contributed by atoms with E-state index in [1.165, 1.54) is 6.20 Å². The van der Waals surface area contributed by atoms with Crippen LogP contribution < -0.4 is 5.32 Å². The summed E-state index contributed by atoms with van der Waals surface area (Å²) in [6.07, 6.45) is 2.84. The fraction of sp³-hybridized carbons (Fsp3) is 0.500. The summed E-state index contributed by atoms with van der Waals surface area (Å²) in [5.74, 6) is -0.987. The molecule has 88 valence electrons. The van der Waals surface area contributed by atoms with Crippen molar-refractivity contribution in [3.63, 3.8) is 0 Å². The Balaban J connectivity index is 2.21. The molecule has 1 amide bonds. The monoisotopic (exact) mass is 225 g/mol. The molecule has 0 radical (unpaired) electrons. The maximum Gasteiger partial charge on any atom is 0.303 e. The van der Waals surface area contributed by atoms with Crippen molar-refractivity contribution >= 4 is 11.9 Å². The van der Waals surface area contributed by atoms with Gasteiger partial charge >= 0.3 is 5.97 Å². The van der Waals surface area contributed by atoms with Crippen molar-refractivity contribution in [1.29, 1.82) is 0 Å². The summed E-state index contributed by atoms with van der Waals surface area (Å²) in [6, 6.07) is 0. The normalized spacial score (nSPS) is 10.1. The minimum Gasteiger partial charge on any atom is -0.481 e. The number of carbonyl (C=O) groups is 2. The molecule has 0 saturated heterocycles. The molecule has 1 aromatic heterocycles. The molecule has 0 unspecified atom stereocenters. The van der Waals surface area contributed by atoms with Gasteiger partial charge in [0.1, 0.15) is 0 Å². The molecular formula is C10H15N3O3. The van der Waals surface area contributed by atoms with Crippen molar-refractivity contribution in [2.24, 2.45) is 0 Å². The number of hydrogen-bond acceptors (Lipinski definition) is 3. The maximum absolute atomic E-state index is 11.5. The molecule has 1 aromatic rings. The van der Waals surface area contributed by atoms with Crippen LogP contribution in [-0.2, 0) is 4.79 Å². The molecule has 6 heteroatoms. The Morgan fingerprint density at radius 2 is 2.25 bits per heavy atom. The van der Waals surface area contributed by atoms with E-state index < -0.39 is 5.97 Å². The van der Waals surface area contributed by atoms with Gasteiger partial charge in [0.2, 0.25) is 0 Å². The first-order valence-corrected chi connectivity index (χ1v) is 5.11. The number of hydrogen-bond donors (Lipinski definition) is 3.